The minimum absolute atomic E-state index is 0.0739. The summed E-state index contributed by atoms with van der Waals surface area (Å²) >= 11 is 0. The average molecular weight is 321 g/mol. The van der Waals surface area contributed by atoms with Crippen molar-refractivity contribution in [2.75, 3.05) is 0 Å². The maximum atomic E-state index is 12.4. The van der Waals surface area contributed by atoms with Gasteiger partial charge in [-0.25, -0.2) is 4.52 Å². The zero-order valence-electron chi connectivity index (χ0n) is 13.5. The average Bonchev–Trinajstić information content (AvgIpc) is 2.97. The fourth-order valence-corrected chi connectivity index (χ4v) is 3.03. The summed E-state index contributed by atoms with van der Waals surface area (Å²) in [5.74, 6) is 0.822. The molecule has 3 aromatic rings. The zero-order valence-corrected chi connectivity index (χ0v) is 13.5. The van der Waals surface area contributed by atoms with Crippen LogP contribution in [0.2, 0.25) is 0 Å². The van der Waals surface area contributed by atoms with Gasteiger partial charge in [0.15, 0.2) is 0 Å². The summed E-state index contributed by atoms with van der Waals surface area (Å²) in [6, 6.07) is 13.9. The Morgan fingerprint density at radius 3 is 2.96 bits per heavy atom. The molecular formula is C19H19N3O2. The van der Waals surface area contributed by atoms with E-state index in [-0.39, 0.29) is 18.1 Å². The number of amides is 1. The van der Waals surface area contributed by atoms with Gasteiger partial charge in [-0.3, -0.25) is 4.79 Å². The van der Waals surface area contributed by atoms with Crippen LogP contribution in [0.5, 0.6) is 5.75 Å². The summed E-state index contributed by atoms with van der Waals surface area (Å²) in [6.07, 6.45) is 5.28. The molecule has 2 aromatic heterocycles. The number of fused-ring (bicyclic) bond motifs is 1. The first-order valence-corrected chi connectivity index (χ1v) is 8.15. The number of nitrogens with zero attached hydrogens (tertiary/aromatic N) is 2. The van der Waals surface area contributed by atoms with Gasteiger partial charge in [-0.1, -0.05) is 18.2 Å². The normalized spacial score (nSPS) is 19.7. The standard InChI is InChI=1S/C19H19N3O2/c1-13-5-4-6-15(9-13)24-16-10-14(11-16)21-19(23)17-12-20-22-8-3-2-7-18(17)22/h2-9,12,14,16H,10-11H2,1H3,(H,21,23). The Labute approximate surface area is 140 Å². The Kier molecular flexibility index (Phi) is 3.69. The number of rotatable bonds is 4. The predicted octanol–water partition coefficient (Wildman–Crippen LogP) is 2.98. The van der Waals surface area contributed by atoms with Gasteiger partial charge < -0.3 is 10.1 Å². The van der Waals surface area contributed by atoms with Gasteiger partial charge in [0.2, 0.25) is 0 Å². The first-order chi connectivity index (χ1) is 11.7. The number of nitrogens with one attached hydrogen (secondary N) is 1. The number of ether oxygens (including phenoxy) is 1. The molecule has 0 spiro atoms. The van der Waals surface area contributed by atoms with E-state index in [4.69, 9.17) is 4.74 Å². The predicted molar refractivity (Wildman–Crippen MR) is 91.3 cm³/mol. The summed E-state index contributed by atoms with van der Waals surface area (Å²) in [7, 11) is 0. The number of carbonyl (C=O) groups is 1. The van der Waals surface area contributed by atoms with Crippen molar-refractivity contribution in [3.8, 4) is 5.75 Å². The van der Waals surface area contributed by atoms with Crippen LogP contribution in [0, 0.1) is 6.92 Å². The van der Waals surface area contributed by atoms with Crippen LogP contribution in [0.1, 0.15) is 28.8 Å². The van der Waals surface area contributed by atoms with Gasteiger partial charge in [-0.2, -0.15) is 5.10 Å². The Hall–Kier alpha value is -2.82. The molecule has 0 bridgehead atoms. The summed E-state index contributed by atoms with van der Waals surface area (Å²) in [4.78, 5) is 12.4. The molecule has 0 radical (unpaired) electrons. The molecule has 1 N–H and O–H groups in total. The fraction of sp³-hybridized carbons (Fsp3) is 0.263. The number of aryl methyl sites for hydroxylation is 1. The van der Waals surface area contributed by atoms with Gasteiger partial charge in [0.1, 0.15) is 11.9 Å². The second kappa shape index (κ2) is 6.00. The van der Waals surface area contributed by atoms with E-state index in [0.717, 1.165) is 24.1 Å². The number of aromatic nitrogens is 2. The summed E-state index contributed by atoms with van der Waals surface area (Å²) in [6.45, 7) is 2.05. The summed E-state index contributed by atoms with van der Waals surface area (Å²) < 4.78 is 7.64. The van der Waals surface area contributed by atoms with Crippen molar-refractivity contribution in [3.63, 3.8) is 0 Å². The van der Waals surface area contributed by atoms with Gasteiger partial charge >= 0.3 is 0 Å². The molecule has 4 rings (SSSR count). The Morgan fingerprint density at radius 1 is 1.25 bits per heavy atom. The molecule has 5 nitrogen and oxygen atoms in total. The second-order valence-corrected chi connectivity index (χ2v) is 6.29. The van der Waals surface area contributed by atoms with Crippen LogP contribution < -0.4 is 10.1 Å². The van der Waals surface area contributed by atoms with Crippen molar-refractivity contribution in [2.24, 2.45) is 0 Å². The monoisotopic (exact) mass is 321 g/mol. The first-order valence-electron chi connectivity index (χ1n) is 8.15. The lowest BCUT2D eigenvalue weighted by molar-refractivity contribution is 0.0702. The largest absolute Gasteiger partial charge is 0.490 e. The van der Waals surface area contributed by atoms with Crippen molar-refractivity contribution in [3.05, 3.63) is 66.0 Å². The highest BCUT2D eigenvalue weighted by atomic mass is 16.5. The molecule has 122 valence electrons. The third-order valence-electron chi connectivity index (χ3n) is 4.39. The second-order valence-electron chi connectivity index (χ2n) is 6.29. The lowest BCUT2D eigenvalue weighted by atomic mass is 9.89. The lowest BCUT2D eigenvalue weighted by Gasteiger charge is -2.35. The molecule has 1 saturated carbocycles. The number of hydrogen-bond acceptors (Lipinski definition) is 3. The molecule has 0 atom stereocenters. The Balaban J connectivity index is 1.34. The van der Waals surface area contributed by atoms with E-state index in [9.17, 15) is 4.79 Å². The molecule has 24 heavy (non-hydrogen) atoms. The first kappa shape index (κ1) is 14.8. The maximum Gasteiger partial charge on any atom is 0.255 e. The van der Waals surface area contributed by atoms with E-state index in [0.29, 0.717) is 5.56 Å². The molecule has 0 aliphatic heterocycles. The molecule has 0 saturated heterocycles. The van der Waals surface area contributed by atoms with Gasteiger partial charge in [0.25, 0.3) is 5.91 Å². The molecule has 1 aliphatic carbocycles. The van der Waals surface area contributed by atoms with Crippen LogP contribution in [0.4, 0.5) is 0 Å². The zero-order chi connectivity index (χ0) is 16.5. The topological polar surface area (TPSA) is 55.6 Å². The molecule has 1 amide bonds. The highest BCUT2D eigenvalue weighted by Crippen LogP contribution is 2.27. The van der Waals surface area contributed by atoms with E-state index in [1.807, 2.05) is 55.6 Å². The van der Waals surface area contributed by atoms with E-state index in [1.54, 1.807) is 10.7 Å². The van der Waals surface area contributed by atoms with Crippen molar-refractivity contribution in [2.45, 2.75) is 31.9 Å². The van der Waals surface area contributed by atoms with Gasteiger partial charge in [0, 0.05) is 25.1 Å². The van der Waals surface area contributed by atoms with E-state index in [2.05, 4.69) is 10.4 Å². The van der Waals surface area contributed by atoms with Crippen LogP contribution in [-0.2, 0) is 0 Å². The lowest BCUT2D eigenvalue weighted by Crippen LogP contribution is -2.48. The Morgan fingerprint density at radius 2 is 2.12 bits per heavy atom. The maximum absolute atomic E-state index is 12.4. The Bertz CT molecular complexity index is 881. The fourth-order valence-electron chi connectivity index (χ4n) is 3.03. The SMILES string of the molecule is Cc1cccc(OC2CC(NC(=O)c3cnn4ccccc34)C2)c1. The van der Waals surface area contributed by atoms with Crippen molar-refractivity contribution in [1.82, 2.24) is 14.9 Å². The van der Waals surface area contributed by atoms with Crippen molar-refractivity contribution >= 4 is 11.4 Å². The minimum Gasteiger partial charge on any atom is -0.490 e. The van der Waals surface area contributed by atoms with E-state index < -0.39 is 0 Å². The van der Waals surface area contributed by atoms with Crippen molar-refractivity contribution < 1.29 is 9.53 Å². The third kappa shape index (κ3) is 2.85. The van der Waals surface area contributed by atoms with E-state index in [1.165, 1.54) is 5.56 Å². The van der Waals surface area contributed by atoms with Crippen LogP contribution >= 0.6 is 0 Å². The molecular weight excluding hydrogens is 302 g/mol. The van der Waals surface area contributed by atoms with Crippen LogP contribution in [-0.4, -0.2) is 27.7 Å². The van der Waals surface area contributed by atoms with E-state index >= 15 is 0 Å². The highest BCUT2D eigenvalue weighted by Gasteiger charge is 2.32. The van der Waals surface area contributed by atoms with Gasteiger partial charge in [-0.05, 0) is 36.8 Å². The van der Waals surface area contributed by atoms with Gasteiger partial charge in [-0.15, -0.1) is 0 Å². The number of pyridine rings is 1. The highest BCUT2D eigenvalue weighted by molar-refractivity contribution is 6.00. The van der Waals surface area contributed by atoms with Crippen LogP contribution in [0.25, 0.3) is 5.52 Å². The quantitative estimate of drug-likeness (QED) is 0.804. The molecule has 1 aromatic carbocycles. The number of hydrogen-bond donors (Lipinski definition) is 1. The van der Waals surface area contributed by atoms with Crippen LogP contribution in [0.3, 0.4) is 0 Å². The van der Waals surface area contributed by atoms with Gasteiger partial charge in [0.05, 0.1) is 17.3 Å². The number of benzene rings is 1. The molecule has 1 aliphatic rings. The summed E-state index contributed by atoms with van der Waals surface area (Å²) in [5, 5.41) is 7.27. The van der Waals surface area contributed by atoms with Crippen LogP contribution in [0.15, 0.2) is 54.9 Å². The summed E-state index contributed by atoms with van der Waals surface area (Å²) in [5.41, 5.74) is 2.62. The molecule has 1 fully saturated rings. The molecule has 5 heteroatoms. The number of carbonyl (C=O) groups excluding carboxylic acids is 1. The minimum atomic E-state index is -0.0739. The smallest absolute Gasteiger partial charge is 0.255 e. The third-order valence-corrected chi connectivity index (χ3v) is 4.39. The molecule has 2 heterocycles. The molecule has 0 unspecified atom stereocenters. The van der Waals surface area contributed by atoms with Crippen molar-refractivity contribution in [1.29, 1.82) is 0 Å².